The number of likely N-dealkylation sites (N-methyl/N-ethyl adjacent to an activating group) is 1. The Morgan fingerprint density at radius 1 is 0.786 bits per heavy atom. The van der Waals surface area contributed by atoms with Crippen molar-refractivity contribution in [3.8, 4) is 0 Å². The molecule has 0 spiro atoms. The van der Waals surface area contributed by atoms with Crippen molar-refractivity contribution in [2.45, 2.75) is 136 Å². The van der Waals surface area contributed by atoms with Crippen LogP contribution in [-0.2, 0) is 29.7 Å². The number of hydrogen-bond donors (Lipinski definition) is 1. The van der Waals surface area contributed by atoms with Crippen LogP contribution in [0.25, 0.3) is 0 Å². The zero-order valence-electron chi connectivity index (χ0n) is 27.9. The van der Waals surface area contributed by atoms with Crippen molar-refractivity contribution in [3.63, 3.8) is 0 Å². The summed E-state index contributed by atoms with van der Waals surface area (Å²) in [5, 5.41) is 3.96. The lowest BCUT2D eigenvalue weighted by molar-refractivity contribution is -0.870. The van der Waals surface area contributed by atoms with E-state index in [1.165, 1.54) is 89.9 Å². The molecule has 0 saturated heterocycles. The average molecular weight is 620 g/mol. The number of rotatable bonds is 29. The number of phosphoric ester groups is 1. The van der Waals surface area contributed by atoms with E-state index in [4.69, 9.17) is 23.0 Å². The average Bonchev–Trinajstić information content (AvgIpc) is 3.24. The van der Waals surface area contributed by atoms with Crippen LogP contribution in [0.2, 0.25) is 0 Å². The second-order valence-corrected chi connectivity index (χ2v) is 14.2. The molecule has 0 saturated carbocycles. The standard InChI is InChI=1S/C32H63N2O7P/c1-7-8-9-10-11-12-13-14-15-16-17-18-19-20-21-22-24-38-31(26-37-28-32-29(2)33-41-30(32)3)27-40-42(35,36)39-25-23-34(4,5)6/h31H,7-28H2,1-6H3/p+1. The highest BCUT2D eigenvalue weighted by atomic mass is 31.2. The van der Waals surface area contributed by atoms with Crippen molar-refractivity contribution >= 4 is 7.82 Å². The maximum Gasteiger partial charge on any atom is 0.472 e. The first-order valence-corrected chi connectivity index (χ1v) is 18.1. The second-order valence-electron chi connectivity index (χ2n) is 12.7. The first-order chi connectivity index (χ1) is 20.0. The van der Waals surface area contributed by atoms with Crippen LogP contribution in [0.1, 0.15) is 127 Å². The lowest BCUT2D eigenvalue weighted by Crippen LogP contribution is -2.37. The highest BCUT2D eigenvalue weighted by molar-refractivity contribution is 7.47. The van der Waals surface area contributed by atoms with Crippen LogP contribution in [-0.4, -0.2) is 74.8 Å². The number of phosphoric acid groups is 1. The summed E-state index contributed by atoms with van der Waals surface area (Å²) < 4.78 is 40.5. The van der Waals surface area contributed by atoms with E-state index in [0.29, 0.717) is 24.2 Å². The molecule has 0 bridgehead atoms. The van der Waals surface area contributed by atoms with Gasteiger partial charge in [-0.15, -0.1) is 0 Å². The van der Waals surface area contributed by atoms with Crippen molar-refractivity contribution in [2.75, 3.05) is 54.1 Å². The molecule has 0 aliphatic carbocycles. The lowest BCUT2D eigenvalue weighted by Gasteiger charge is -2.24. The smallest absolute Gasteiger partial charge is 0.374 e. The van der Waals surface area contributed by atoms with Gasteiger partial charge in [-0.05, 0) is 20.3 Å². The predicted octanol–water partition coefficient (Wildman–Crippen LogP) is 8.29. The Hall–Kier alpha value is -0.800. The minimum Gasteiger partial charge on any atom is -0.374 e. The van der Waals surface area contributed by atoms with Gasteiger partial charge in [0.05, 0.1) is 46.7 Å². The van der Waals surface area contributed by atoms with Crippen LogP contribution in [0.5, 0.6) is 0 Å². The summed E-state index contributed by atoms with van der Waals surface area (Å²) >= 11 is 0. The maximum atomic E-state index is 12.4. The van der Waals surface area contributed by atoms with Gasteiger partial charge in [-0.25, -0.2) is 4.57 Å². The fourth-order valence-corrected chi connectivity index (χ4v) is 5.43. The summed E-state index contributed by atoms with van der Waals surface area (Å²) in [6.45, 7) is 7.74. The summed E-state index contributed by atoms with van der Waals surface area (Å²) in [4.78, 5) is 10.1. The van der Waals surface area contributed by atoms with Crippen LogP contribution in [0.4, 0.5) is 0 Å². The molecule has 0 aromatic carbocycles. The molecule has 2 unspecified atom stereocenters. The SMILES string of the molecule is CCCCCCCCCCCCCCCCCCOC(COCc1c(C)noc1C)COP(=O)(O)OCC[N+](C)(C)C. The molecule has 1 aromatic heterocycles. The van der Waals surface area contributed by atoms with Gasteiger partial charge in [0, 0.05) is 12.2 Å². The van der Waals surface area contributed by atoms with Gasteiger partial charge < -0.3 is 23.4 Å². The highest BCUT2D eigenvalue weighted by Gasteiger charge is 2.25. The molecule has 0 aliphatic heterocycles. The van der Waals surface area contributed by atoms with Gasteiger partial charge in [-0.2, -0.15) is 0 Å². The fourth-order valence-electron chi connectivity index (χ4n) is 4.69. The third-order valence-electron chi connectivity index (χ3n) is 7.52. The first-order valence-electron chi connectivity index (χ1n) is 16.6. The monoisotopic (exact) mass is 619 g/mol. The number of quaternary nitrogens is 1. The van der Waals surface area contributed by atoms with Gasteiger partial charge >= 0.3 is 7.82 Å². The molecular weight excluding hydrogens is 555 g/mol. The van der Waals surface area contributed by atoms with Crippen molar-refractivity contribution < 1.29 is 37.0 Å². The molecular formula is C32H64N2O7P+. The maximum absolute atomic E-state index is 12.4. The fraction of sp³-hybridized carbons (Fsp3) is 0.906. The molecule has 42 heavy (non-hydrogen) atoms. The predicted molar refractivity (Wildman–Crippen MR) is 170 cm³/mol. The molecule has 0 fully saturated rings. The zero-order chi connectivity index (χ0) is 31.1. The van der Waals surface area contributed by atoms with E-state index in [9.17, 15) is 9.46 Å². The van der Waals surface area contributed by atoms with E-state index in [1.807, 2.05) is 35.0 Å². The molecule has 1 aromatic rings. The molecule has 9 nitrogen and oxygen atoms in total. The molecule has 0 amide bonds. The van der Waals surface area contributed by atoms with Gasteiger partial charge in [-0.3, -0.25) is 9.05 Å². The Labute approximate surface area is 257 Å². The normalized spacial score (nSPS) is 14.4. The van der Waals surface area contributed by atoms with Gasteiger partial charge in [0.2, 0.25) is 0 Å². The quantitative estimate of drug-likeness (QED) is 0.0543. The molecule has 1 N–H and O–H groups in total. The van der Waals surface area contributed by atoms with Crippen molar-refractivity contribution in [3.05, 3.63) is 17.0 Å². The third kappa shape index (κ3) is 21.8. The number of ether oxygens (including phenoxy) is 2. The number of nitrogens with zero attached hydrogens (tertiary/aromatic N) is 2. The number of aryl methyl sites for hydroxylation is 2. The molecule has 10 heteroatoms. The number of aromatic nitrogens is 1. The molecule has 2 atom stereocenters. The van der Waals surface area contributed by atoms with E-state index in [0.717, 1.165) is 29.9 Å². The number of unbranched alkanes of at least 4 members (excludes halogenated alkanes) is 15. The van der Waals surface area contributed by atoms with Gasteiger partial charge in [0.15, 0.2) is 0 Å². The van der Waals surface area contributed by atoms with Crippen LogP contribution in [0, 0.1) is 13.8 Å². The molecule has 0 radical (unpaired) electrons. The minimum atomic E-state index is -4.18. The molecule has 1 heterocycles. The largest absolute Gasteiger partial charge is 0.472 e. The Balaban J connectivity index is 2.22. The lowest BCUT2D eigenvalue weighted by atomic mass is 10.0. The van der Waals surface area contributed by atoms with Gasteiger partial charge in [-0.1, -0.05) is 108 Å². The van der Waals surface area contributed by atoms with E-state index < -0.39 is 13.9 Å². The topological polar surface area (TPSA) is 100 Å². The summed E-state index contributed by atoms with van der Waals surface area (Å²) in [6, 6.07) is 0. The first kappa shape index (κ1) is 39.2. The van der Waals surface area contributed by atoms with E-state index in [2.05, 4.69) is 12.1 Å². The zero-order valence-corrected chi connectivity index (χ0v) is 28.8. The van der Waals surface area contributed by atoms with Crippen LogP contribution < -0.4 is 0 Å². The van der Waals surface area contributed by atoms with Crippen molar-refractivity contribution in [1.82, 2.24) is 5.16 Å². The molecule has 0 aliphatic rings. The van der Waals surface area contributed by atoms with Gasteiger partial charge in [0.1, 0.15) is 25.0 Å². The van der Waals surface area contributed by atoms with Crippen LogP contribution in [0.3, 0.4) is 0 Å². The Kier molecular flexibility index (Phi) is 22.0. The van der Waals surface area contributed by atoms with Crippen molar-refractivity contribution in [2.24, 2.45) is 0 Å². The Morgan fingerprint density at radius 2 is 1.31 bits per heavy atom. The van der Waals surface area contributed by atoms with Crippen molar-refractivity contribution in [1.29, 1.82) is 0 Å². The minimum absolute atomic E-state index is 0.0847. The molecule has 1 rings (SSSR count). The van der Waals surface area contributed by atoms with E-state index >= 15 is 0 Å². The Bertz CT molecular complexity index is 809. The van der Waals surface area contributed by atoms with Gasteiger partial charge in [0.25, 0.3) is 0 Å². The van der Waals surface area contributed by atoms with E-state index in [1.54, 1.807) is 0 Å². The summed E-state index contributed by atoms with van der Waals surface area (Å²) in [5.41, 5.74) is 1.70. The van der Waals surface area contributed by atoms with E-state index in [-0.39, 0.29) is 19.8 Å². The summed E-state index contributed by atoms with van der Waals surface area (Å²) in [7, 11) is 1.80. The molecule has 248 valence electrons. The van der Waals surface area contributed by atoms with Crippen LogP contribution >= 0.6 is 7.82 Å². The summed E-state index contributed by atoms with van der Waals surface area (Å²) in [6.07, 6.45) is 20.6. The highest BCUT2D eigenvalue weighted by Crippen LogP contribution is 2.43. The summed E-state index contributed by atoms with van der Waals surface area (Å²) in [5.74, 6) is 0.722. The third-order valence-corrected chi connectivity index (χ3v) is 8.51. The number of hydrogen-bond acceptors (Lipinski definition) is 7. The second kappa shape index (κ2) is 23.6. The Morgan fingerprint density at radius 3 is 1.79 bits per heavy atom. The van der Waals surface area contributed by atoms with Crippen LogP contribution in [0.15, 0.2) is 4.52 Å².